The Balaban J connectivity index is 2.16. The van der Waals surface area contributed by atoms with Gasteiger partial charge in [0.15, 0.2) is 0 Å². The summed E-state index contributed by atoms with van der Waals surface area (Å²) in [6.45, 7) is 0. The van der Waals surface area contributed by atoms with Gasteiger partial charge in [-0.25, -0.2) is 0 Å². The molecule has 17 heavy (non-hydrogen) atoms. The van der Waals surface area contributed by atoms with Gasteiger partial charge in [-0.15, -0.1) is 0 Å². The van der Waals surface area contributed by atoms with Gasteiger partial charge in [0.05, 0.1) is 17.2 Å². The standard InChI is InChI=1S/C13H10Cl2O2/c1-16-9-2-4-10(5-3-9)17-11-6-7-12(14)13(15)8-11/h2-8H,1H3. The highest BCUT2D eigenvalue weighted by Gasteiger charge is 2.02. The van der Waals surface area contributed by atoms with Gasteiger partial charge in [-0.2, -0.15) is 0 Å². The second-order valence-electron chi connectivity index (χ2n) is 3.35. The van der Waals surface area contributed by atoms with Gasteiger partial charge in [0, 0.05) is 6.07 Å². The summed E-state index contributed by atoms with van der Waals surface area (Å²) in [7, 11) is 1.62. The zero-order valence-electron chi connectivity index (χ0n) is 9.11. The first-order chi connectivity index (χ1) is 8.19. The molecule has 2 nitrogen and oxygen atoms in total. The van der Waals surface area contributed by atoms with Crippen molar-refractivity contribution in [2.75, 3.05) is 7.11 Å². The Morgan fingerprint density at radius 1 is 0.765 bits per heavy atom. The summed E-state index contributed by atoms with van der Waals surface area (Å²) in [4.78, 5) is 0. The van der Waals surface area contributed by atoms with Crippen LogP contribution < -0.4 is 9.47 Å². The second kappa shape index (κ2) is 5.30. The average Bonchev–Trinajstić information content (AvgIpc) is 2.35. The van der Waals surface area contributed by atoms with Gasteiger partial charge in [-0.1, -0.05) is 23.2 Å². The first-order valence-corrected chi connectivity index (χ1v) is 5.71. The van der Waals surface area contributed by atoms with Gasteiger partial charge in [0.1, 0.15) is 17.2 Å². The van der Waals surface area contributed by atoms with E-state index in [9.17, 15) is 0 Å². The predicted octanol–water partition coefficient (Wildman–Crippen LogP) is 4.79. The SMILES string of the molecule is COc1ccc(Oc2ccc(Cl)c(Cl)c2)cc1. The van der Waals surface area contributed by atoms with E-state index in [1.807, 2.05) is 24.3 Å². The Labute approximate surface area is 110 Å². The molecule has 0 aliphatic carbocycles. The van der Waals surface area contributed by atoms with Crippen molar-refractivity contribution in [2.45, 2.75) is 0 Å². The lowest BCUT2D eigenvalue weighted by Crippen LogP contribution is -1.85. The maximum Gasteiger partial charge on any atom is 0.129 e. The molecule has 88 valence electrons. The molecule has 0 amide bonds. The van der Waals surface area contributed by atoms with Crippen molar-refractivity contribution in [2.24, 2.45) is 0 Å². The van der Waals surface area contributed by atoms with E-state index in [0.29, 0.717) is 21.5 Å². The minimum atomic E-state index is 0.470. The molecular weight excluding hydrogens is 259 g/mol. The normalized spacial score (nSPS) is 10.1. The van der Waals surface area contributed by atoms with Gasteiger partial charge < -0.3 is 9.47 Å². The number of methoxy groups -OCH3 is 1. The lowest BCUT2D eigenvalue weighted by atomic mass is 10.3. The van der Waals surface area contributed by atoms with Gasteiger partial charge in [-0.05, 0) is 36.4 Å². The largest absolute Gasteiger partial charge is 0.497 e. The third-order valence-corrected chi connectivity index (χ3v) is 2.93. The van der Waals surface area contributed by atoms with E-state index in [2.05, 4.69) is 0 Å². The highest BCUT2D eigenvalue weighted by molar-refractivity contribution is 6.42. The Morgan fingerprint density at radius 3 is 1.94 bits per heavy atom. The predicted molar refractivity (Wildman–Crippen MR) is 69.5 cm³/mol. The molecule has 0 unspecified atom stereocenters. The molecule has 0 fully saturated rings. The molecular formula is C13H10Cl2O2. The number of benzene rings is 2. The summed E-state index contributed by atoms with van der Waals surface area (Å²) in [5, 5.41) is 0.978. The van der Waals surface area contributed by atoms with Gasteiger partial charge in [-0.3, -0.25) is 0 Å². The van der Waals surface area contributed by atoms with E-state index in [4.69, 9.17) is 32.7 Å². The maximum atomic E-state index is 5.90. The zero-order valence-corrected chi connectivity index (χ0v) is 10.6. The number of rotatable bonds is 3. The van der Waals surface area contributed by atoms with Crippen LogP contribution in [-0.2, 0) is 0 Å². The molecule has 0 aromatic heterocycles. The summed E-state index contributed by atoms with van der Waals surface area (Å²) in [5.41, 5.74) is 0. The van der Waals surface area contributed by atoms with Crippen LogP contribution >= 0.6 is 23.2 Å². The molecule has 0 N–H and O–H groups in total. The van der Waals surface area contributed by atoms with Crippen LogP contribution in [0.1, 0.15) is 0 Å². The molecule has 0 spiro atoms. The molecule has 0 aliphatic rings. The van der Waals surface area contributed by atoms with Crippen LogP contribution in [0.25, 0.3) is 0 Å². The Bertz CT molecular complexity index is 509. The molecule has 0 aliphatic heterocycles. The highest BCUT2D eigenvalue weighted by atomic mass is 35.5. The minimum Gasteiger partial charge on any atom is -0.497 e. The van der Waals surface area contributed by atoms with Crippen molar-refractivity contribution < 1.29 is 9.47 Å². The third-order valence-electron chi connectivity index (χ3n) is 2.19. The molecule has 2 aromatic rings. The maximum absolute atomic E-state index is 5.90. The second-order valence-corrected chi connectivity index (χ2v) is 4.17. The molecule has 2 aromatic carbocycles. The number of halogens is 2. The van der Waals surface area contributed by atoms with Crippen LogP contribution in [0.5, 0.6) is 17.2 Å². The molecule has 0 saturated carbocycles. The number of ether oxygens (including phenoxy) is 2. The minimum absolute atomic E-state index is 0.470. The van der Waals surface area contributed by atoms with E-state index < -0.39 is 0 Å². The number of hydrogen-bond donors (Lipinski definition) is 0. The van der Waals surface area contributed by atoms with E-state index in [-0.39, 0.29) is 0 Å². The average molecular weight is 269 g/mol. The first-order valence-electron chi connectivity index (χ1n) is 4.96. The monoisotopic (exact) mass is 268 g/mol. The fraction of sp³-hybridized carbons (Fsp3) is 0.0769. The van der Waals surface area contributed by atoms with Crippen molar-refractivity contribution in [3.8, 4) is 17.2 Å². The Kier molecular flexibility index (Phi) is 3.77. The van der Waals surface area contributed by atoms with Crippen molar-refractivity contribution in [1.82, 2.24) is 0 Å². The van der Waals surface area contributed by atoms with Crippen LogP contribution in [0.2, 0.25) is 10.0 Å². The number of hydrogen-bond acceptors (Lipinski definition) is 2. The molecule has 2 rings (SSSR count). The molecule has 0 radical (unpaired) electrons. The molecule has 0 bridgehead atoms. The molecule has 4 heteroatoms. The van der Waals surface area contributed by atoms with Crippen molar-refractivity contribution in [3.05, 3.63) is 52.5 Å². The van der Waals surface area contributed by atoms with Crippen LogP contribution in [0.4, 0.5) is 0 Å². The van der Waals surface area contributed by atoms with Gasteiger partial charge >= 0.3 is 0 Å². The first kappa shape index (κ1) is 12.1. The van der Waals surface area contributed by atoms with Crippen LogP contribution in [0.3, 0.4) is 0 Å². The van der Waals surface area contributed by atoms with Crippen LogP contribution in [0, 0.1) is 0 Å². The van der Waals surface area contributed by atoms with Crippen LogP contribution in [-0.4, -0.2) is 7.11 Å². The van der Waals surface area contributed by atoms with Crippen LogP contribution in [0.15, 0.2) is 42.5 Å². The molecule has 0 atom stereocenters. The van der Waals surface area contributed by atoms with Gasteiger partial charge in [0.25, 0.3) is 0 Å². The highest BCUT2D eigenvalue weighted by Crippen LogP contribution is 2.29. The molecule has 0 heterocycles. The summed E-state index contributed by atoms with van der Waals surface area (Å²) in [6.07, 6.45) is 0. The van der Waals surface area contributed by atoms with Crippen molar-refractivity contribution in [3.63, 3.8) is 0 Å². The summed E-state index contributed by atoms with van der Waals surface area (Å²) in [6, 6.07) is 12.4. The van der Waals surface area contributed by atoms with Crippen molar-refractivity contribution in [1.29, 1.82) is 0 Å². The topological polar surface area (TPSA) is 18.5 Å². The van der Waals surface area contributed by atoms with E-state index in [1.54, 1.807) is 25.3 Å². The fourth-order valence-corrected chi connectivity index (χ4v) is 1.61. The third kappa shape index (κ3) is 3.05. The quantitative estimate of drug-likeness (QED) is 0.797. The summed E-state index contributed by atoms with van der Waals surface area (Å²) >= 11 is 11.7. The van der Waals surface area contributed by atoms with Gasteiger partial charge in [0.2, 0.25) is 0 Å². The molecule has 0 saturated heterocycles. The van der Waals surface area contributed by atoms with E-state index >= 15 is 0 Å². The lowest BCUT2D eigenvalue weighted by molar-refractivity contribution is 0.413. The van der Waals surface area contributed by atoms with Crippen molar-refractivity contribution >= 4 is 23.2 Å². The fourth-order valence-electron chi connectivity index (χ4n) is 1.32. The Morgan fingerprint density at radius 2 is 1.35 bits per heavy atom. The van der Waals surface area contributed by atoms with E-state index in [1.165, 1.54) is 0 Å². The summed E-state index contributed by atoms with van der Waals surface area (Å²) < 4.78 is 10.7. The summed E-state index contributed by atoms with van der Waals surface area (Å²) in [5.74, 6) is 2.14. The zero-order chi connectivity index (χ0) is 12.3. The van der Waals surface area contributed by atoms with E-state index in [0.717, 1.165) is 5.75 Å². The Hall–Kier alpha value is -1.38. The lowest BCUT2D eigenvalue weighted by Gasteiger charge is -2.07. The smallest absolute Gasteiger partial charge is 0.129 e.